The first-order valence-electron chi connectivity index (χ1n) is 6.57. The SMILES string of the molecule is N#Cc1ccc(N2CCCCC2)c2ccccc12. The fraction of sp³-hybridized carbons (Fsp3) is 0.312. The molecule has 0 bridgehead atoms. The minimum atomic E-state index is 0.770. The summed E-state index contributed by atoms with van der Waals surface area (Å²) >= 11 is 0. The van der Waals surface area contributed by atoms with Crippen LogP contribution in [0.4, 0.5) is 5.69 Å². The molecule has 0 atom stereocenters. The molecule has 1 aliphatic heterocycles. The Morgan fingerprint density at radius 2 is 1.61 bits per heavy atom. The quantitative estimate of drug-likeness (QED) is 0.754. The van der Waals surface area contributed by atoms with Crippen molar-refractivity contribution in [2.75, 3.05) is 18.0 Å². The summed E-state index contributed by atoms with van der Waals surface area (Å²) in [6, 6.07) is 14.6. The molecule has 0 spiro atoms. The van der Waals surface area contributed by atoms with E-state index in [1.165, 1.54) is 30.3 Å². The Morgan fingerprint density at radius 3 is 2.33 bits per heavy atom. The first kappa shape index (κ1) is 11.1. The lowest BCUT2D eigenvalue weighted by Crippen LogP contribution is -2.29. The lowest BCUT2D eigenvalue weighted by molar-refractivity contribution is 0.579. The predicted octanol–water partition coefficient (Wildman–Crippen LogP) is 3.70. The minimum Gasteiger partial charge on any atom is -0.371 e. The monoisotopic (exact) mass is 236 g/mol. The molecule has 1 aliphatic rings. The maximum Gasteiger partial charge on any atom is 0.0998 e. The van der Waals surface area contributed by atoms with Crippen molar-refractivity contribution in [1.29, 1.82) is 5.26 Å². The normalized spacial score (nSPS) is 15.6. The Hall–Kier alpha value is -2.01. The highest BCUT2D eigenvalue weighted by atomic mass is 15.1. The van der Waals surface area contributed by atoms with Crippen molar-refractivity contribution in [1.82, 2.24) is 0 Å². The average molecular weight is 236 g/mol. The van der Waals surface area contributed by atoms with Gasteiger partial charge in [0.15, 0.2) is 0 Å². The number of rotatable bonds is 1. The van der Waals surface area contributed by atoms with Crippen LogP contribution in [0.25, 0.3) is 10.8 Å². The fourth-order valence-corrected chi connectivity index (χ4v) is 2.79. The smallest absolute Gasteiger partial charge is 0.0998 e. The van der Waals surface area contributed by atoms with Crippen LogP contribution >= 0.6 is 0 Å². The minimum absolute atomic E-state index is 0.770. The van der Waals surface area contributed by atoms with Gasteiger partial charge in [0.1, 0.15) is 0 Å². The van der Waals surface area contributed by atoms with E-state index in [1.807, 2.05) is 18.2 Å². The summed E-state index contributed by atoms with van der Waals surface area (Å²) in [5.41, 5.74) is 2.05. The van der Waals surface area contributed by atoms with Gasteiger partial charge in [-0.15, -0.1) is 0 Å². The van der Waals surface area contributed by atoms with E-state index in [1.54, 1.807) is 0 Å². The van der Waals surface area contributed by atoms with Gasteiger partial charge in [0.2, 0.25) is 0 Å². The van der Waals surface area contributed by atoms with Crippen LogP contribution in [-0.2, 0) is 0 Å². The zero-order valence-electron chi connectivity index (χ0n) is 10.4. The van der Waals surface area contributed by atoms with Crippen molar-refractivity contribution in [2.45, 2.75) is 19.3 Å². The van der Waals surface area contributed by atoms with E-state index in [9.17, 15) is 5.26 Å². The van der Waals surface area contributed by atoms with Crippen LogP contribution < -0.4 is 4.90 Å². The summed E-state index contributed by atoms with van der Waals surface area (Å²) in [7, 11) is 0. The summed E-state index contributed by atoms with van der Waals surface area (Å²) in [6.45, 7) is 2.27. The molecule has 2 heteroatoms. The maximum absolute atomic E-state index is 9.17. The van der Waals surface area contributed by atoms with Gasteiger partial charge in [-0.05, 0) is 31.4 Å². The van der Waals surface area contributed by atoms with Crippen LogP contribution in [0.1, 0.15) is 24.8 Å². The summed E-state index contributed by atoms with van der Waals surface area (Å²) in [5.74, 6) is 0. The molecule has 3 rings (SSSR count). The van der Waals surface area contributed by atoms with Crippen LogP contribution in [-0.4, -0.2) is 13.1 Å². The molecule has 1 fully saturated rings. The molecule has 18 heavy (non-hydrogen) atoms. The number of benzene rings is 2. The third kappa shape index (κ3) is 1.82. The molecule has 1 saturated heterocycles. The van der Waals surface area contributed by atoms with Crippen molar-refractivity contribution in [3.05, 3.63) is 42.0 Å². The standard InChI is InChI=1S/C16H16N2/c17-12-13-8-9-16(18-10-4-1-5-11-18)15-7-3-2-6-14(13)15/h2-3,6-9H,1,4-5,10-11H2. The number of nitrogens with zero attached hydrogens (tertiary/aromatic N) is 2. The van der Waals surface area contributed by atoms with Gasteiger partial charge in [-0.25, -0.2) is 0 Å². The van der Waals surface area contributed by atoms with E-state index >= 15 is 0 Å². The van der Waals surface area contributed by atoms with Crippen LogP contribution in [0.2, 0.25) is 0 Å². The molecule has 0 aromatic heterocycles. The van der Waals surface area contributed by atoms with Crippen molar-refractivity contribution in [3.8, 4) is 6.07 Å². The van der Waals surface area contributed by atoms with Gasteiger partial charge in [0.25, 0.3) is 0 Å². The van der Waals surface area contributed by atoms with E-state index in [4.69, 9.17) is 0 Å². The van der Waals surface area contributed by atoms with Gasteiger partial charge in [-0.3, -0.25) is 0 Å². The molecule has 1 heterocycles. The zero-order chi connectivity index (χ0) is 12.4. The molecule has 0 amide bonds. The molecule has 0 saturated carbocycles. The van der Waals surface area contributed by atoms with Gasteiger partial charge in [-0.2, -0.15) is 5.26 Å². The number of nitriles is 1. The van der Waals surface area contributed by atoms with E-state index < -0.39 is 0 Å². The van der Waals surface area contributed by atoms with E-state index in [-0.39, 0.29) is 0 Å². The molecule has 0 N–H and O–H groups in total. The molecule has 2 aromatic rings. The number of fused-ring (bicyclic) bond motifs is 1. The summed E-state index contributed by atoms with van der Waals surface area (Å²) in [4.78, 5) is 2.45. The topological polar surface area (TPSA) is 27.0 Å². The number of piperidine rings is 1. The van der Waals surface area contributed by atoms with Crippen LogP contribution in [0, 0.1) is 11.3 Å². The highest BCUT2D eigenvalue weighted by Crippen LogP contribution is 2.30. The van der Waals surface area contributed by atoms with Gasteiger partial charge < -0.3 is 4.90 Å². The van der Waals surface area contributed by atoms with Crippen LogP contribution in [0.5, 0.6) is 0 Å². The van der Waals surface area contributed by atoms with Gasteiger partial charge in [0.05, 0.1) is 11.6 Å². The van der Waals surface area contributed by atoms with Crippen LogP contribution in [0.3, 0.4) is 0 Å². The van der Waals surface area contributed by atoms with Crippen molar-refractivity contribution in [3.63, 3.8) is 0 Å². The summed E-state index contributed by atoms with van der Waals surface area (Å²) < 4.78 is 0. The largest absolute Gasteiger partial charge is 0.371 e. The molecule has 0 unspecified atom stereocenters. The second kappa shape index (κ2) is 4.70. The van der Waals surface area contributed by atoms with Crippen molar-refractivity contribution < 1.29 is 0 Å². The zero-order valence-corrected chi connectivity index (χ0v) is 10.4. The first-order chi connectivity index (χ1) is 8.90. The average Bonchev–Trinajstić information content (AvgIpc) is 2.47. The van der Waals surface area contributed by atoms with Crippen molar-refractivity contribution in [2.24, 2.45) is 0 Å². The third-order valence-electron chi connectivity index (χ3n) is 3.72. The maximum atomic E-state index is 9.17. The Bertz CT molecular complexity index is 604. The molecule has 2 aromatic carbocycles. The Balaban J connectivity index is 2.15. The molecule has 0 aliphatic carbocycles. The Kier molecular flexibility index (Phi) is 2.90. The molecular weight excluding hydrogens is 220 g/mol. The number of hydrogen-bond acceptors (Lipinski definition) is 2. The Morgan fingerprint density at radius 1 is 0.889 bits per heavy atom. The number of anilines is 1. The second-order valence-electron chi connectivity index (χ2n) is 4.84. The predicted molar refractivity (Wildman–Crippen MR) is 74.7 cm³/mol. The second-order valence-corrected chi connectivity index (χ2v) is 4.84. The lowest BCUT2D eigenvalue weighted by Gasteiger charge is -2.30. The highest BCUT2D eigenvalue weighted by Gasteiger charge is 2.14. The Labute approximate surface area is 107 Å². The molecule has 90 valence electrons. The van der Waals surface area contributed by atoms with E-state index in [0.29, 0.717) is 0 Å². The fourth-order valence-electron chi connectivity index (χ4n) is 2.79. The number of hydrogen-bond donors (Lipinski definition) is 0. The van der Waals surface area contributed by atoms with Crippen molar-refractivity contribution >= 4 is 16.5 Å². The van der Waals surface area contributed by atoms with Gasteiger partial charge in [0, 0.05) is 29.5 Å². The molecular formula is C16H16N2. The van der Waals surface area contributed by atoms with Gasteiger partial charge >= 0.3 is 0 Å². The summed E-state index contributed by atoms with van der Waals surface area (Å²) in [6.07, 6.45) is 3.88. The molecule has 2 nitrogen and oxygen atoms in total. The van der Waals surface area contributed by atoms with E-state index in [2.05, 4.69) is 29.2 Å². The van der Waals surface area contributed by atoms with Gasteiger partial charge in [-0.1, -0.05) is 24.3 Å². The molecule has 0 radical (unpaired) electrons. The lowest BCUT2D eigenvalue weighted by atomic mass is 10.0. The highest BCUT2D eigenvalue weighted by molar-refractivity contribution is 5.97. The first-order valence-corrected chi connectivity index (χ1v) is 6.57. The van der Waals surface area contributed by atoms with E-state index in [0.717, 1.165) is 24.0 Å². The third-order valence-corrected chi connectivity index (χ3v) is 3.72. The summed E-state index contributed by atoms with van der Waals surface area (Å²) in [5, 5.41) is 11.5. The van der Waals surface area contributed by atoms with Crippen LogP contribution in [0.15, 0.2) is 36.4 Å².